The lowest BCUT2D eigenvalue weighted by Crippen LogP contribution is -2.30. The van der Waals surface area contributed by atoms with Gasteiger partial charge in [0.25, 0.3) is 0 Å². The van der Waals surface area contributed by atoms with E-state index >= 15 is 0 Å². The fourth-order valence-corrected chi connectivity index (χ4v) is 6.76. The van der Waals surface area contributed by atoms with Crippen molar-refractivity contribution in [2.24, 2.45) is 0 Å². The topological polar surface area (TPSA) is 61.8 Å². The Balaban J connectivity index is 4.36. The van der Waals surface area contributed by atoms with E-state index < -0.39 is 6.10 Å². The van der Waals surface area contributed by atoms with E-state index in [0.717, 1.165) is 77.0 Å². The van der Waals surface area contributed by atoms with Crippen LogP contribution >= 0.6 is 0 Å². The molecule has 0 aromatic carbocycles. The van der Waals surface area contributed by atoms with Crippen molar-refractivity contribution < 1.29 is 23.8 Å². The minimum Gasteiger partial charge on any atom is -0.462 e. The second-order valence-electron chi connectivity index (χ2n) is 16.7. The van der Waals surface area contributed by atoms with E-state index in [1.54, 1.807) is 0 Å². The Labute approximate surface area is 383 Å². The summed E-state index contributed by atoms with van der Waals surface area (Å²) in [7, 11) is 0. The van der Waals surface area contributed by atoms with Crippen LogP contribution in [0.4, 0.5) is 0 Å². The van der Waals surface area contributed by atoms with Crippen molar-refractivity contribution in [2.75, 3.05) is 19.8 Å². The molecule has 0 radical (unpaired) electrons. The third-order valence-electron chi connectivity index (χ3n) is 10.6. The van der Waals surface area contributed by atoms with E-state index in [1.165, 1.54) is 109 Å². The summed E-state index contributed by atoms with van der Waals surface area (Å²) in [5.74, 6) is -0.510. The highest BCUT2D eigenvalue weighted by Crippen LogP contribution is 2.12. The molecule has 0 aliphatic heterocycles. The molecule has 5 nitrogen and oxygen atoms in total. The second kappa shape index (κ2) is 52.2. The predicted molar refractivity (Wildman–Crippen MR) is 270 cm³/mol. The van der Waals surface area contributed by atoms with Crippen LogP contribution < -0.4 is 0 Å². The zero-order chi connectivity index (χ0) is 44.9. The molecule has 0 heterocycles. The van der Waals surface area contributed by atoms with Gasteiger partial charge in [-0.05, 0) is 109 Å². The molecule has 0 spiro atoms. The van der Waals surface area contributed by atoms with E-state index in [9.17, 15) is 9.59 Å². The SMILES string of the molecule is CC/C=C\C/C=C\C/C=C\C/C=C\CCC(=O)OCC(COCCCCCCCCC/C=C\C/C=C\C/C=C\CCCCC)OC(=O)CCCCCCC/C=C\CCCCCC. The predicted octanol–water partition coefficient (Wildman–Crippen LogP) is 17.5. The van der Waals surface area contributed by atoms with Crippen molar-refractivity contribution in [3.8, 4) is 0 Å². The van der Waals surface area contributed by atoms with Crippen LogP contribution in [0.1, 0.15) is 226 Å². The van der Waals surface area contributed by atoms with E-state index in [1.807, 2.05) is 6.08 Å². The Hall–Kier alpha value is -3.18. The van der Waals surface area contributed by atoms with Gasteiger partial charge in [0.2, 0.25) is 0 Å². The molecule has 0 aliphatic carbocycles. The number of carbonyl (C=O) groups is 2. The van der Waals surface area contributed by atoms with Gasteiger partial charge in [0.1, 0.15) is 6.61 Å². The number of unbranched alkanes of at least 4 members (excludes halogenated alkanes) is 19. The summed E-state index contributed by atoms with van der Waals surface area (Å²) in [6.45, 7) is 7.56. The van der Waals surface area contributed by atoms with Crippen LogP contribution in [0.2, 0.25) is 0 Å². The van der Waals surface area contributed by atoms with Gasteiger partial charge >= 0.3 is 11.9 Å². The van der Waals surface area contributed by atoms with Gasteiger partial charge in [-0.2, -0.15) is 0 Å². The van der Waals surface area contributed by atoms with Crippen LogP contribution in [-0.4, -0.2) is 37.9 Å². The largest absolute Gasteiger partial charge is 0.462 e. The Bertz CT molecular complexity index is 1200. The van der Waals surface area contributed by atoms with Crippen LogP contribution in [0.15, 0.2) is 97.2 Å². The van der Waals surface area contributed by atoms with Crippen LogP contribution in [0.25, 0.3) is 0 Å². The second-order valence-corrected chi connectivity index (χ2v) is 16.7. The minimum atomic E-state index is -0.579. The molecule has 354 valence electrons. The van der Waals surface area contributed by atoms with Crippen LogP contribution in [0.3, 0.4) is 0 Å². The number of carbonyl (C=O) groups excluding carboxylic acids is 2. The Kier molecular flexibility index (Phi) is 49.5. The first-order valence-electron chi connectivity index (χ1n) is 25.8. The molecule has 1 unspecified atom stereocenters. The van der Waals surface area contributed by atoms with Crippen LogP contribution in [-0.2, 0) is 23.8 Å². The molecule has 1 atom stereocenters. The summed E-state index contributed by atoms with van der Waals surface area (Å²) in [5, 5.41) is 0. The lowest BCUT2D eigenvalue weighted by atomic mass is 10.1. The van der Waals surface area contributed by atoms with Crippen LogP contribution in [0.5, 0.6) is 0 Å². The molecule has 0 aromatic rings. The van der Waals surface area contributed by atoms with E-state index in [0.29, 0.717) is 25.9 Å². The van der Waals surface area contributed by atoms with Crippen molar-refractivity contribution in [1.29, 1.82) is 0 Å². The van der Waals surface area contributed by atoms with Gasteiger partial charge in [0.05, 0.1) is 6.61 Å². The molecule has 0 bridgehead atoms. The molecule has 62 heavy (non-hydrogen) atoms. The molecule has 0 saturated heterocycles. The maximum absolute atomic E-state index is 12.8. The Morgan fingerprint density at radius 1 is 0.371 bits per heavy atom. The fraction of sp³-hybridized carbons (Fsp3) is 0.684. The van der Waals surface area contributed by atoms with Crippen molar-refractivity contribution in [1.82, 2.24) is 0 Å². The lowest BCUT2D eigenvalue weighted by molar-refractivity contribution is -0.162. The maximum atomic E-state index is 12.8. The number of rotatable bonds is 46. The molecule has 5 heteroatoms. The summed E-state index contributed by atoms with van der Waals surface area (Å²) < 4.78 is 17.3. The van der Waals surface area contributed by atoms with Gasteiger partial charge in [-0.1, -0.05) is 201 Å². The zero-order valence-corrected chi connectivity index (χ0v) is 40.6. The molecule has 0 aliphatic rings. The average molecular weight is 861 g/mol. The molecule has 0 rings (SSSR count). The molecule has 0 aromatic heterocycles. The standard InChI is InChI=1S/C57H96O5/c1-4-7-10-13-16-19-22-25-26-27-28-29-30-31-34-37-40-43-46-49-52-60-53-55(62-57(59)51-48-45-42-39-36-33-24-21-18-15-12-9-6-3)54-61-56(58)50-47-44-41-38-35-32-23-20-17-14-11-8-5-2/h8,11,16-17,19-21,24-26,28-29,32,35,41,44,55H,4-7,9-10,12-15,18,22-23,27,30-31,33-34,36-40,42-43,45-54H2,1-3H3/b11-8-,19-16-,20-17-,24-21-,26-25-,29-28-,35-32-,44-41-. The highest BCUT2D eigenvalue weighted by molar-refractivity contribution is 5.70. The van der Waals surface area contributed by atoms with E-state index in [-0.39, 0.29) is 25.2 Å². The third-order valence-corrected chi connectivity index (χ3v) is 10.6. The third kappa shape index (κ3) is 49.5. The number of esters is 2. The van der Waals surface area contributed by atoms with Crippen molar-refractivity contribution in [3.05, 3.63) is 97.2 Å². The number of hydrogen-bond donors (Lipinski definition) is 0. The molecule has 0 saturated carbocycles. The van der Waals surface area contributed by atoms with Gasteiger partial charge in [-0.3, -0.25) is 9.59 Å². The molecule has 0 amide bonds. The minimum absolute atomic E-state index is 0.0354. The highest BCUT2D eigenvalue weighted by Gasteiger charge is 2.17. The van der Waals surface area contributed by atoms with Crippen LogP contribution in [0, 0.1) is 0 Å². The smallest absolute Gasteiger partial charge is 0.306 e. The number of hydrogen-bond acceptors (Lipinski definition) is 5. The quantitative estimate of drug-likeness (QED) is 0.0347. The summed E-state index contributed by atoms with van der Waals surface area (Å²) >= 11 is 0. The number of ether oxygens (including phenoxy) is 3. The Morgan fingerprint density at radius 3 is 1.27 bits per heavy atom. The molecular formula is C57H96O5. The first kappa shape index (κ1) is 58.8. The van der Waals surface area contributed by atoms with Gasteiger partial charge in [-0.15, -0.1) is 0 Å². The molecular weight excluding hydrogens is 765 g/mol. The number of allylic oxidation sites excluding steroid dienone is 16. The molecule has 0 N–H and O–H groups in total. The van der Waals surface area contributed by atoms with E-state index in [2.05, 4.69) is 112 Å². The normalized spacial score (nSPS) is 13.0. The highest BCUT2D eigenvalue weighted by atomic mass is 16.6. The maximum Gasteiger partial charge on any atom is 0.306 e. The van der Waals surface area contributed by atoms with Gasteiger partial charge in [0.15, 0.2) is 6.10 Å². The molecule has 0 fully saturated rings. The van der Waals surface area contributed by atoms with Crippen molar-refractivity contribution in [2.45, 2.75) is 232 Å². The van der Waals surface area contributed by atoms with Gasteiger partial charge < -0.3 is 14.2 Å². The zero-order valence-electron chi connectivity index (χ0n) is 40.6. The fourth-order valence-electron chi connectivity index (χ4n) is 6.76. The summed E-state index contributed by atoms with van der Waals surface area (Å²) in [4.78, 5) is 25.3. The van der Waals surface area contributed by atoms with Crippen molar-refractivity contribution in [3.63, 3.8) is 0 Å². The van der Waals surface area contributed by atoms with E-state index in [4.69, 9.17) is 14.2 Å². The average Bonchev–Trinajstić information content (AvgIpc) is 3.27. The van der Waals surface area contributed by atoms with Gasteiger partial charge in [0, 0.05) is 19.4 Å². The Morgan fingerprint density at radius 2 is 0.758 bits per heavy atom. The monoisotopic (exact) mass is 861 g/mol. The lowest BCUT2D eigenvalue weighted by Gasteiger charge is -2.18. The summed E-state index contributed by atoms with van der Waals surface area (Å²) in [5.41, 5.74) is 0. The summed E-state index contributed by atoms with van der Waals surface area (Å²) in [6.07, 6.45) is 70.0. The summed E-state index contributed by atoms with van der Waals surface area (Å²) in [6, 6.07) is 0. The van der Waals surface area contributed by atoms with Crippen molar-refractivity contribution >= 4 is 11.9 Å². The first-order chi connectivity index (χ1) is 30.6. The first-order valence-corrected chi connectivity index (χ1v) is 25.8. The van der Waals surface area contributed by atoms with Gasteiger partial charge in [-0.25, -0.2) is 0 Å².